The molecule has 1 aromatic carbocycles. The molecule has 0 amide bonds. The molecule has 2 aromatic heterocycles. The van der Waals surface area contributed by atoms with E-state index in [0.717, 1.165) is 12.0 Å². The van der Waals surface area contributed by atoms with Crippen molar-refractivity contribution in [3.8, 4) is 17.5 Å². The summed E-state index contributed by atoms with van der Waals surface area (Å²) in [5, 5.41) is 11.7. The number of carbonyl (C=O) groups excluding carboxylic acids is 1. The molecule has 8 nitrogen and oxygen atoms in total. The number of carbonyl (C=O) groups is 1. The monoisotopic (exact) mass is 320 g/mol. The van der Waals surface area contributed by atoms with Gasteiger partial charge in [0.05, 0.1) is 31.4 Å². The van der Waals surface area contributed by atoms with Crippen LogP contribution in [0.1, 0.15) is 16.1 Å². The van der Waals surface area contributed by atoms with Crippen LogP contribution in [0.2, 0.25) is 0 Å². The topological polar surface area (TPSA) is 106 Å². The van der Waals surface area contributed by atoms with E-state index in [1.54, 1.807) is 35.3 Å². The molecule has 8 heteroatoms. The van der Waals surface area contributed by atoms with Crippen LogP contribution in [0.25, 0.3) is 5.69 Å². The van der Waals surface area contributed by atoms with E-state index in [1.807, 2.05) is 6.07 Å². The van der Waals surface area contributed by atoms with Crippen molar-refractivity contribution in [2.45, 2.75) is 0 Å². The van der Waals surface area contributed by atoms with Gasteiger partial charge in [-0.15, -0.1) is 0 Å². The highest BCUT2D eigenvalue weighted by atomic mass is 16.5. The fourth-order valence-corrected chi connectivity index (χ4v) is 2.08. The molecule has 3 aromatic rings. The Kier molecular flexibility index (Phi) is 4.16. The Labute approximate surface area is 137 Å². The van der Waals surface area contributed by atoms with Gasteiger partial charge in [0.15, 0.2) is 5.69 Å². The van der Waals surface area contributed by atoms with Crippen LogP contribution in [0.4, 0.5) is 11.6 Å². The van der Waals surface area contributed by atoms with Crippen LogP contribution in [-0.2, 0) is 0 Å². The number of methoxy groups -OCH3 is 1. The maximum atomic E-state index is 10.9. The molecule has 0 saturated carbocycles. The third-order valence-electron chi connectivity index (χ3n) is 3.22. The van der Waals surface area contributed by atoms with Crippen LogP contribution in [0, 0.1) is 11.3 Å². The average molecular weight is 320 g/mol. The van der Waals surface area contributed by atoms with E-state index < -0.39 is 0 Å². The molecular formula is C16H12N6O2. The Bertz CT molecular complexity index is 911. The minimum Gasteiger partial charge on any atom is -0.495 e. The van der Waals surface area contributed by atoms with Crippen molar-refractivity contribution < 1.29 is 9.53 Å². The van der Waals surface area contributed by atoms with E-state index in [9.17, 15) is 4.79 Å². The van der Waals surface area contributed by atoms with Crippen LogP contribution < -0.4 is 10.1 Å². The van der Waals surface area contributed by atoms with Crippen molar-refractivity contribution in [2.24, 2.45) is 0 Å². The van der Waals surface area contributed by atoms with E-state index in [2.05, 4.69) is 20.3 Å². The number of anilines is 2. The van der Waals surface area contributed by atoms with Gasteiger partial charge in [-0.05, 0) is 18.2 Å². The van der Waals surface area contributed by atoms with Gasteiger partial charge >= 0.3 is 0 Å². The lowest BCUT2D eigenvalue weighted by molar-refractivity contribution is 0.112. The summed E-state index contributed by atoms with van der Waals surface area (Å²) in [5.41, 5.74) is 1.52. The Morgan fingerprint density at radius 2 is 2.12 bits per heavy atom. The Hall–Kier alpha value is -3.73. The third kappa shape index (κ3) is 3.05. The molecule has 0 spiro atoms. The first kappa shape index (κ1) is 15.2. The number of hydrogen-bond donors (Lipinski definition) is 1. The summed E-state index contributed by atoms with van der Waals surface area (Å²) < 4.78 is 7.07. The average Bonchev–Trinajstić information content (AvgIpc) is 3.10. The molecule has 24 heavy (non-hydrogen) atoms. The fraction of sp³-hybridized carbons (Fsp3) is 0.0625. The predicted molar refractivity (Wildman–Crippen MR) is 85.5 cm³/mol. The van der Waals surface area contributed by atoms with Crippen LogP contribution in [-0.4, -0.2) is 32.9 Å². The minimum atomic E-state index is 0.242. The molecule has 2 heterocycles. The summed E-state index contributed by atoms with van der Waals surface area (Å²) in [6.45, 7) is 0. The van der Waals surface area contributed by atoms with Crippen molar-refractivity contribution in [2.75, 3.05) is 12.4 Å². The maximum Gasteiger partial charge on any atom is 0.158 e. The molecule has 0 atom stereocenters. The van der Waals surface area contributed by atoms with E-state index in [-0.39, 0.29) is 5.69 Å². The van der Waals surface area contributed by atoms with Gasteiger partial charge in [0.2, 0.25) is 0 Å². The van der Waals surface area contributed by atoms with E-state index in [4.69, 9.17) is 10.00 Å². The first-order valence-electron chi connectivity index (χ1n) is 6.90. The number of nitrogens with one attached hydrogen (secondary N) is 1. The van der Waals surface area contributed by atoms with Gasteiger partial charge in [0.1, 0.15) is 36.1 Å². The lowest BCUT2D eigenvalue weighted by Gasteiger charge is -2.09. The van der Waals surface area contributed by atoms with Gasteiger partial charge in [-0.3, -0.25) is 4.79 Å². The van der Waals surface area contributed by atoms with Gasteiger partial charge in [-0.25, -0.2) is 15.0 Å². The van der Waals surface area contributed by atoms with Gasteiger partial charge in [-0.2, -0.15) is 5.26 Å². The van der Waals surface area contributed by atoms with E-state index in [1.165, 1.54) is 19.5 Å². The van der Waals surface area contributed by atoms with Gasteiger partial charge in [0, 0.05) is 5.56 Å². The maximum absolute atomic E-state index is 10.9. The molecule has 3 rings (SSSR count). The number of imidazole rings is 1. The summed E-state index contributed by atoms with van der Waals surface area (Å²) in [5.74, 6) is 1.58. The third-order valence-corrected chi connectivity index (χ3v) is 3.22. The lowest BCUT2D eigenvalue weighted by Crippen LogP contribution is -1.97. The highest BCUT2D eigenvalue weighted by Crippen LogP contribution is 2.25. The number of hydrogen-bond acceptors (Lipinski definition) is 7. The van der Waals surface area contributed by atoms with Gasteiger partial charge in [0.25, 0.3) is 0 Å². The highest BCUT2D eigenvalue weighted by molar-refractivity contribution is 5.77. The zero-order valence-electron chi connectivity index (χ0n) is 12.7. The quantitative estimate of drug-likeness (QED) is 0.717. The van der Waals surface area contributed by atoms with Crippen LogP contribution >= 0.6 is 0 Å². The second-order valence-corrected chi connectivity index (χ2v) is 4.74. The number of aromatic nitrogens is 4. The van der Waals surface area contributed by atoms with Crippen LogP contribution in [0.5, 0.6) is 5.75 Å². The first-order valence-corrected chi connectivity index (χ1v) is 6.90. The SMILES string of the molecule is COc1cc(C=O)ccc1-n1cnc(Nc2cnc(C#N)cn2)c1. The van der Waals surface area contributed by atoms with Gasteiger partial charge in [-0.1, -0.05) is 0 Å². The molecule has 0 unspecified atom stereocenters. The molecular weight excluding hydrogens is 308 g/mol. The molecule has 118 valence electrons. The molecule has 0 saturated heterocycles. The Morgan fingerprint density at radius 1 is 1.25 bits per heavy atom. The smallest absolute Gasteiger partial charge is 0.158 e. The second-order valence-electron chi connectivity index (χ2n) is 4.74. The largest absolute Gasteiger partial charge is 0.495 e. The van der Waals surface area contributed by atoms with Crippen LogP contribution in [0.3, 0.4) is 0 Å². The number of nitriles is 1. The number of rotatable bonds is 5. The standard InChI is InChI=1S/C16H12N6O2/c1-24-14-4-11(9-23)2-3-13(14)22-8-16(20-10-22)21-15-7-18-12(5-17)6-19-15/h2-4,6-10H,1H3,(H,19,21). The molecule has 1 N–H and O–H groups in total. The lowest BCUT2D eigenvalue weighted by atomic mass is 10.2. The van der Waals surface area contributed by atoms with Gasteiger partial charge < -0.3 is 14.6 Å². The summed E-state index contributed by atoms with van der Waals surface area (Å²) in [4.78, 5) is 23.1. The number of nitrogens with zero attached hydrogens (tertiary/aromatic N) is 5. The molecule has 0 radical (unpaired) electrons. The molecule has 0 fully saturated rings. The number of ether oxygens (including phenoxy) is 1. The summed E-state index contributed by atoms with van der Waals surface area (Å²) >= 11 is 0. The molecule has 0 aliphatic rings. The minimum absolute atomic E-state index is 0.242. The van der Waals surface area contributed by atoms with Crippen molar-refractivity contribution in [1.29, 1.82) is 5.26 Å². The predicted octanol–water partition coefficient (Wildman–Crippen LogP) is 2.10. The second kappa shape index (κ2) is 6.58. The van der Waals surface area contributed by atoms with Crippen molar-refractivity contribution >= 4 is 17.9 Å². The zero-order chi connectivity index (χ0) is 16.9. The Morgan fingerprint density at radius 3 is 2.79 bits per heavy atom. The summed E-state index contributed by atoms with van der Waals surface area (Å²) in [6.07, 6.45) is 6.95. The highest BCUT2D eigenvalue weighted by Gasteiger charge is 2.08. The van der Waals surface area contributed by atoms with E-state index in [0.29, 0.717) is 22.9 Å². The normalized spacial score (nSPS) is 10.0. The summed E-state index contributed by atoms with van der Waals surface area (Å²) in [7, 11) is 1.54. The molecule has 0 aliphatic heterocycles. The van der Waals surface area contributed by atoms with Crippen molar-refractivity contribution in [1.82, 2.24) is 19.5 Å². The molecule has 0 bridgehead atoms. The summed E-state index contributed by atoms with van der Waals surface area (Å²) in [6, 6.07) is 7.03. The zero-order valence-corrected chi connectivity index (χ0v) is 12.7. The van der Waals surface area contributed by atoms with E-state index >= 15 is 0 Å². The Balaban J connectivity index is 1.85. The fourth-order valence-electron chi connectivity index (χ4n) is 2.08. The van der Waals surface area contributed by atoms with Crippen LogP contribution in [0.15, 0.2) is 43.1 Å². The molecule has 0 aliphatic carbocycles. The first-order chi connectivity index (χ1) is 11.7. The van der Waals surface area contributed by atoms with Crippen molar-refractivity contribution in [3.63, 3.8) is 0 Å². The van der Waals surface area contributed by atoms with Crippen molar-refractivity contribution in [3.05, 3.63) is 54.4 Å². The number of aldehydes is 1. The number of benzene rings is 1.